The molecule has 0 spiro atoms. The largest absolute Gasteiger partial charge is 0.507 e. The van der Waals surface area contributed by atoms with Gasteiger partial charge in [0.05, 0.1) is 17.9 Å². The minimum absolute atomic E-state index is 0.0279. The number of aliphatic hydroxyl groups excluding tert-OH is 1. The second-order valence-electron chi connectivity index (χ2n) is 5.08. The van der Waals surface area contributed by atoms with Crippen LogP contribution in [0.25, 0.3) is 0 Å². The number of phenols is 2. The Morgan fingerprint density at radius 1 is 1.08 bits per heavy atom. The number of cyclic esters (lactones) is 1. The van der Waals surface area contributed by atoms with E-state index in [-0.39, 0.29) is 29.2 Å². The van der Waals surface area contributed by atoms with Crippen molar-refractivity contribution in [1.29, 1.82) is 0 Å². The standard InChI is InChI=1S/C18H15ClO6/c19-17-13-8-12(21)6-2-1-4-11(10-20)5-3-7-25-18(24)16(13)14(22)9-15(17)23/h1-7,9,20,22-23H,8,10H2/b4-1+,6-2+,7-3+,11-5-. The minimum Gasteiger partial charge on any atom is -0.507 e. The van der Waals surface area contributed by atoms with E-state index in [9.17, 15) is 24.9 Å². The van der Waals surface area contributed by atoms with Gasteiger partial charge in [-0.2, -0.15) is 0 Å². The summed E-state index contributed by atoms with van der Waals surface area (Å²) in [6.45, 7) is -0.241. The molecule has 1 heterocycles. The van der Waals surface area contributed by atoms with Crippen molar-refractivity contribution in [2.75, 3.05) is 6.61 Å². The van der Waals surface area contributed by atoms with Gasteiger partial charge < -0.3 is 20.1 Å². The van der Waals surface area contributed by atoms with E-state index in [1.54, 1.807) is 12.2 Å². The third-order valence-corrected chi connectivity index (χ3v) is 3.75. The molecule has 0 aliphatic carbocycles. The van der Waals surface area contributed by atoms with E-state index in [0.29, 0.717) is 5.57 Å². The maximum Gasteiger partial charge on any atom is 0.347 e. The van der Waals surface area contributed by atoms with Gasteiger partial charge in [-0.25, -0.2) is 4.79 Å². The predicted octanol–water partition coefficient (Wildman–Crippen LogP) is 2.58. The fourth-order valence-corrected chi connectivity index (χ4v) is 2.35. The first-order valence-corrected chi connectivity index (χ1v) is 7.60. The Bertz CT molecular complexity index is 817. The van der Waals surface area contributed by atoms with Gasteiger partial charge in [0, 0.05) is 18.1 Å². The summed E-state index contributed by atoms with van der Waals surface area (Å²) in [7, 11) is 0. The summed E-state index contributed by atoms with van der Waals surface area (Å²) in [5, 5.41) is 28.7. The van der Waals surface area contributed by atoms with Crippen LogP contribution >= 0.6 is 11.6 Å². The first-order chi connectivity index (χ1) is 11.9. The second-order valence-corrected chi connectivity index (χ2v) is 5.46. The fraction of sp³-hybridized carbons (Fsp3) is 0.111. The number of benzene rings is 1. The number of halogens is 1. The number of esters is 1. The lowest BCUT2D eigenvalue weighted by Crippen LogP contribution is -2.10. The lowest BCUT2D eigenvalue weighted by atomic mass is 10.00. The summed E-state index contributed by atoms with van der Waals surface area (Å²) in [4.78, 5) is 24.3. The molecular weight excluding hydrogens is 348 g/mol. The number of carbonyl (C=O) groups is 2. The van der Waals surface area contributed by atoms with Crippen LogP contribution in [0.3, 0.4) is 0 Å². The SMILES string of the molecule is O=C1/C=C/C=C/C(CO)=C/C=C/OC(=O)c2c(O)cc(O)c(Cl)c2C1. The van der Waals surface area contributed by atoms with Crippen molar-refractivity contribution in [3.8, 4) is 11.5 Å². The molecule has 0 radical (unpaired) electrons. The first kappa shape index (κ1) is 18.5. The van der Waals surface area contributed by atoms with E-state index in [1.165, 1.54) is 24.3 Å². The number of fused-ring (bicyclic) bond motifs is 1. The third kappa shape index (κ3) is 4.59. The van der Waals surface area contributed by atoms with E-state index < -0.39 is 23.3 Å². The molecule has 130 valence electrons. The number of hydrogen-bond donors (Lipinski definition) is 3. The monoisotopic (exact) mass is 362 g/mol. The molecule has 0 unspecified atom stereocenters. The molecular formula is C18H15ClO6. The predicted molar refractivity (Wildman–Crippen MR) is 91.5 cm³/mol. The lowest BCUT2D eigenvalue weighted by molar-refractivity contribution is -0.114. The molecule has 0 saturated heterocycles. The van der Waals surface area contributed by atoms with E-state index in [0.717, 1.165) is 12.3 Å². The molecule has 2 rings (SSSR count). The third-order valence-electron chi connectivity index (χ3n) is 3.33. The molecule has 1 aliphatic rings. The number of allylic oxidation sites excluding steroid dienone is 5. The fourth-order valence-electron chi connectivity index (χ4n) is 2.14. The molecule has 1 aromatic rings. The zero-order valence-corrected chi connectivity index (χ0v) is 13.7. The van der Waals surface area contributed by atoms with Gasteiger partial charge in [0.2, 0.25) is 0 Å². The number of aromatic hydroxyl groups is 2. The zero-order chi connectivity index (χ0) is 18.4. The highest BCUT2D eigenvalue weighted by molar-refractivity contribution is 6.33. The maximum atomic E-state index is 12.2. The first-order valence-electron chi connectivity index (χ1n) is 7.22. The number of ketones is 1. The lowest BCUT2D eigenvalue weighted by Gasteiger charge is -2.12. The highest BCUT2D eigenvalue weighted by Gasteiger charge is 2.24. The van der Waals surface area contributed by atoms with Crippen molar-refractivity contribution >= 4 is 23.4 Å². The Labute approximate surface area is 148 Å². The van der Waals surface area contributed by atoms with Gasteiger partial charge in [-0.3, -0.25) is 4.79 Å². The molecule has 0 aromatic heterocycles. The van der Waals surface area contributed by atoms with Crippen molar-refractivity contribution in [3.05, 3.63) is 70.5 Å². The molecule has 0 atom stereocenters. The van der Waals surface area contributed by atoms with E-state index in [4.69, 9.17) is 16.3 Å². The Morgan fingerprint density at radius 2 is 1.80 bits per heavy atom. The van der Waals surface area contributed by atoms with Gasteiger partial charge in [0.1, 0.15) is 17.1 Å². The van der Waals surface area contributed by atoms with Crippen molar-refractivity contribution in [2.24, 2.45) is 0 Å². The van der Waals surface area contributed by atoms with Gasteiger partial charge in [0.15, 0.2) is 5.78 Å². The summed E-state index contributed by atoms with van der Waals surface area (Å²) in [5.74, 6) is -2.35. The van der Waals surface area contributed by atoms with Crippen LogP contribution < -0.4 is 0 Å². The van der Waals surface area contributed by atoms with Crippen molar-refractivity contribution < 1.29 is 29.6 Å². The van der Waals surface area contributed by atoms with Gasteiger partial charge in [-0.15, -0.1) is 0 Å². The average molecular weight is 363 g/mol. The number of hydrogen-bond acceptors (Lipinski definition) is 6. The molecule has 1 aromatic carbocycles. The normalized spacial score (nSPS) is 21.3. The quantitative estimate of drug-likeness (QED) is 0.663. The van der Waals surface area contributed by atoms with Crippen LogP contribution in [-0.2, 0) is 16.0 Å². The summed E-state index contributed by atoms with van der Waals surface area (Å²) in [6, 6.07) is 0.905. The highest BCUT2D eigenvalue weighted by Crippen LogP contribution is 2.37. The molecule has 0 fully saturated rings. The molecule has 3 N–H and O–H groups in total. The van der Waals surface area contributed by atoms with E-state index in [2.05, 4.69) is 0 Å². The van der Waals surface area contributed by atoms with Crippen molar-refractivity contribution in [3.63, 3.8) is 0 Å². The summed E-state index contributed by atoms with van der Waals surface area (Å²) < 4.78 is 4.92. The van der Waals surface area contributed by atoms with Gasteiger partial charge >= 0.3 is 5.97 Å². The van der Waals surface area contributed by atoms with Crippen LogP contribution in [0.15, 0.2) is 54.4 Å². The van der Waals surface area contributed by atoms with Gasteiger partial charge in [0.25, 0.3) is 0 Å². The number of ether oxygens (including phenoxy) is 1. The van der Waals surface area contributed by atoms with E-state index >= 15 is 0 Å². The van der Waals surface area contributed by atoms with Gasteiger partial charge in [-0.1, -0.05) is 35.9 Å². The summed E-state index contributed by atoms with van der Waals surface area (Å²) >= 11 is 5.99. The number of phenolic OH excluding ortho intramolecular Hbond substituents is 2. The van der Waals surface area contributed by atoms with Crippen LogP contribution in [-0.4, -0.2) is 33.7 Å². The Balaban J connectivity index is 2.54. The van der Waals surface area contributed by atoms with Crippen LogP contribution in [0.5, 0.6) is 11.5 Å². The molecule has 25 heavy (non-hydrogen) atoms. The highest BCUT2D eigenvalue weighted by atomic mass is 35.5. The topological polar surface area (TPSA) is 104 Å². The van der Waals surface area contributed by atoms with Crippen LogP contribution in [0, 0.1) is 0 Å². The molecule has 6 nitrogen and oxygen atoms in total. The Kier molecular flexibility index (Phi) is 6.16. The molecule has 0 bridgehead atoms. The smallest absolute Gasteiger partial charge is 0.347 e. The number of aliphatic hydroxyl groups is 1. The molecule has 0 saturated carbocycles. The Morgan fingerprint density at radius 3 is 2.52 bits per heavy atom. The van der Waals surface area contributed by atoms with E-state index in [1.807, 2.05) is 0 Å². The van der Waals surface area contributed by atoms with Crippen LogP contribution in [0.4, 0.5) is 0 Å². The zero-order valence-electron chi connectivity index (χ0n) is 13.0. The molecule has 1 aliphatic heterocycles. The summed E-state index contributed by atoms with van der Waals surface area (Å²) in [5.41, 5.74) is 0.200. The number of rotatable bonds is 1. The average Bonchev–Trinajstić information content (AvgIpc) is 2.57. The molecule has 0 amide bonds. The Hall–Kier alpha value is -2.83. The maximum absolute atomic E-state index is 12.2. The molecule has 7 heteroatoms. The van der Waals surface area contributed by atoms with Gasteiger partial charge in [-0.05, 0) is 17.7 Å². The van der Waals surface area contributed by atoms with Crippen LogP contribution in [0.2, 0.25) is 5.02 Å². The van der Waals surface area contributed by atoms with Crippen LogP contribution in [0.1, 0.15) is 15.9 Å². The second kappa shape index (κ2) is 8.32. The summed E-state index contributed by atoms with van der Waals surface area (Å²) in [6.07, 6.45) is 9.52. The number of carbonyl (C=O) groups excluding carboxylic acids is 2. The minimum atomic E-state index is -0.936. The van der Waals surface area contributed by atoms with Crippen molar-refractivity contribution in [2.45, 2.75) is 6.42 Å². The van der Waals surface area contributed by atoms with Crippen molar-refractivity contribution in [1.82, 2.24) is 0 Å².